The number of aromatic nitrogens is 1. The molecule has 3 aromatic heterocycles. The van der Waals surface area contributed by atoms with Gasteiger partial charge in [0.1, 0.15) is 12.1 Å². The molecule has 2 N–H and O–H groups in total. The van der Waals surface area contributed by atoms with Gasteiger partial charge < -0.3 is 10.6 Å². The lowest BCUT2D eigenvalue weighted by molar-refractivity contribution is -0.135. The summed E-state index contributed by atoms with van der Waals surface area (Å²) in [5.41, 5.74) is 0. The highest BCUT2D eigenvalue weighted by Crippen LogP contribution is 2.30. The normalized spacial score (nSPS) is 22.5. The molecule has 1 saturated heterocycles. The van der Waals surface area contributed by atoms with Gasteiger partial charge in [0.2, 0.25) is 0 Å². The maximum Gasteiger partial charge on any atom is 0.284 e. The molecule has 2 unspecified atom stereocenters. The van der Waals surface area contributed by atoms with Gasteiger partial charge in [-0.2, -0.15) is 8.42 Å². The van der Waals surface area contributed by atoms with Gasteiger partial charge in [-0.3, -0.25) is 14.4 Å². The Hall–Kier alpha value is -2.67. The Bertz CT molecular complexity index is 1410. The Balaban J connectivity index is 1.78. The van der Waals surface area contributed by atoms with Crippen LogP contribution in [0.2, 0.25) is 0 Å². The van der Waals surface area contributed by atoms with Crippen LogP contribution in [0.1, 0.15) is 45.5 Å². The van der Waals surface area contributed by atoms with E-state index in [4.69, 9.17) is 2.74 Å². The van der Waals surface area contributed by atoms with Crippen LogP contribution in [-0.2, 0) is 19.6 Å². The number of nitrogens with zero attached hydrogens (tertiary/aromatic N) is 2. The fourth-order valence-corrected chi connectivity index (χ4v) is 7.34. The zero-order valence-electron chi connectivity index (χ0n) is 21.8. The Kier molecular flexibility index (Phi) is 7.35. The monoisotopic (exact) mass is 550 g/mol. The minimum Gasteiger partial charge on any atom is -0.339 e. The van der Waals surface area contributed by atoms with Crippen molar-refractivity contribution in [1.29, 1.82) is 0 Å². The van der Waals surface area contributed by atoms with E-state index in [0.717, 1.165) is 9.40 Å². The molecule has 9 nitrogen and oxygen atoms in total. The summed E-state index contributed by atoms with van der Waals surface area (Å²) in [6.07, 6.45) is 1.16. The number of carbonyl (C=O) groups excluding carboxylic acids is 3. The van der Waals surface area contributed by atoms with Gasteiger partial charge in [-0.1, -0.05) is 19.9 Å². The van der Waals surface area contributed by atoms with Crippen LogP contribution in [0.25, 0.3) is 9.40 Å². The summed E-state index contributed by atoms with van der Waals surface area (Å²) in [6, 6.07) is 3.72. The van der Waals surface area contributed by atoms with Crippen molar-refractivity contribution < 1.29 is 25.5 Å². The first kappa shape index (κ1) is 23.7. The van der Waals surface area contributed by atoms with E-state index in [0.29, 0.717) is 4.88 Å². The molecule has 4 rings (SSSR count). The number of rotatable bonds is 8. The molecule has 192 valence electrons. The number of thiophene rings is 2. The number of amides is 2. The van der Waals surface area contributed by atoms with Gasteiger partial charge >= 0.3 is 0 Å². The minimum atomic E-state index is -4.82. The van der Waals surface area contributed by atoms with E-state index in [9.17, 15) is 22.8 Å². The lowest BCUT2D eigenvalue weighted by Crippen LogP contribution is -2.56. The van der Waals surface area contributed by atoms with Crippen molar-refractivity contribution in [3.63, 3.8) is 0 Å². The zero-order valence-corrected chi connectivity index (χ0v) is 22.2. The third-order valence-corrected chi connectivity index (χ3v) is 9.26. The Morgan fingerprint density at radius 3 is 2.83 bits per heavy atom. The van der Waals surface area contributed by atoms with Crippen molar-refractivity contribution in [2.75, 3.05) is 13.1 Å². The van der Waals surface area contributed by atoms with Crippen molar-refractivity contribution >= 4 is 59.7 Å². The molecule has 2 amide bonds. The number of nitrogens with one attached hydrogen (secondary N) is 2. The summed E-state index contributed by atoms with van der Waals surface area (Å²) in [7, 11) is -4.82. The maximum atomic E-state index is 14.1. The van der Waals surface area contributed by atoms with Crippen LogP contribution in [0.4, 0.5) is 0 Å². The number of sulfonamides is 1. The molecule has 3 atom stereocenters. The molecule has 0 radical (unpaired) electrons. The average molecular weight is 551 g/mol. The molecule has 1 aliphatic rings. The van der Waals surface area contributed by atoms with E-state index in [1.165, 1.54) is 47.1 Å². The van der Waals surface area contributed by atoms with E-state index >= 15 is 0 Å². The van der Waals surface area contributed by atoms with E-state index in [1.54, 1.807) is 6.07 Å². The van der Waals surface area contributed by atoms with Crippen molar-refractivity contribution in [2.45, 2.75) is 50.2 Å². The predicted molar refractivity (Wildman–Crippen MR) is 140 cm³/mol. The fraction of sp³-hybridized carbons (Fsp3) is 0.417. The third-order valence-electron chi connectivity index (χ3n) is 5.51. The van der Waals surface area contributed by atoms with Crippen LogP contribution in [0.5, 0.6) is 0 Å². The number of ketones is 1. The second kappa shape index (κ2) is 11.2. The topological polar surface area (TPSA) is 126 Å². The van der Waals surface area contributed by atoms with Crippen LogP contribution in [-0.4, -0.2) is 60.4 Å². The van der Waals surface area contributed by atoms with Crippen molar-refractivity contribution in [1.82, 2.24) is 19.9 Å². The highest BCUT2D eigenvalue weighted by molar-refractivity contribution is 7.89. The lowest BCUT2D eigenvalue weighted by Gasteiger charge is -2.32. The first-order valence-electron chi connectivity index (χ1n) is 12.5. The van der Waals surface area contributed by atoms with Gasteiger partial charge in [0, 0.05) is 15.6 Å². The quantitative estimate of drug-likeness (QED) is 0.442. The molecule has 1 aliphatic heterocycles. The Morgan fingerprint density at radius 2 is 2.14 bits per heavy atom. The molecule has 0 aliphatic carbocycles. The van der Waals surface area contributed by atoms with E-state index in [1.807, 2.05) is 25.3 Å². The van der Waals surface area contributed by atoms with Crippen LogP contribution < -0.4 is 10.6 Å². The predicted octanol–water partition coefficient (Wildman–Crippen LogP) is 3.04. The second-order valence-electron chi connectivity index (χ2n) is 8.70. The highest BCUT2D eigenvalue weighted by Gasteiger charge is 2.43. The standard InChI is InChI=1S/C24H28N4O5S3/c1-15(2)12-16(27-23(30)21-13-20-19(35-21)8-11-34-20)24(31)28(17-6-5-9-25-14-18(17)29)36(32,33)22-7-3-4-10-26-22/h3-4,7-8,10-11,13,15-17,25H,5-6,9,12,14H2,1-2H3,(H,27,30)/t16?,17-/m0/s1/i14D,17D/t14?,16?,17-. The summed E-state index contributed by atoms with van der Waals surface area (Å²) >= 11 is 2.72. The molecule has 0 spiro atoms. The van der Waals surface area contributed by atoms with E-state index in [2.05, 4.69) is 15.6 Å². The maximum absolute atomic E-state index is 14.1. The fourth-order valence-electron chi connectivity index (χ4n) is 3.86. The summed E-state index contributed by atoms with van der Waals surface area (Å²) in [6.45, 7) is 2.22. The molecule has 12 heteroatoms. The Labute approximate surface area is 220 Å². The third kappa shape index (κ3) is 5.66. The van der Waals surface area contributed by atoms with Crippen LogP contribution in [0.3, 0.4) is 0 Å². The molecule has 0 bridgehead atoms. The number of hydrogen-bond donors (Lipinski definition) is 2. The first-order valence-corrected chi connectivity index (χ1v) is 14.6. The lowest BCUT2D eigenvalue weighted by atomic mass is 10.0. The average Bonchev–Trinajstić information content (AvgIpc) is 3.45. The molecule has 0 aromatic carbocycles. The van der Waals surface area contributed by atoms with E-state index < -0.39 is 51.2 Å². The molecule has 0 saturated carbocycles. The number of carbonyl (C=O) groups is 3. The smallest absolute Gasteiger partial charge is 0.284 e. The van der Waals surface area contributed by atoms with Crippen LogP contribution in [0, 0.1) is 5.92 Å². The number of pyridine rings is 1. The largest absolute Gasteiger partial charge is 0.339 e. The van der Waals surface area contributed by atoms with Crippen LogP contribution in [0.15, 0.2) is 46.9 Å². The van der Waals surface area contributed by atoms with Crippen molar-refractivity contribution in [3.05, 3.63) is 46.8 Å². The summed E-state index contributed by atoms with van der Waals surface area (Å²) in [5, 5.41) is 6.69. The molecular formula is C24H28N4O5S3. The minimum absolute atomic E-state index is 0.0609. The zero-order chi connectivity index (χ0) is 27.7. The second-order valence-corrected chi connectivity index (χ2v) is 12.5. The van der Waals surface area contributed by atoms with Gasteiger partial charge in [0.05, 0.1) is 14.1 Å². The van der Waals surface area contributed by atoms with Gasteiger partial charge in [-0.05, 0) is 61.4 Å². The van der Waals surface area contributed by atoms with Crippen molar-refractivity contribution in [3.8, 4) is 0 Å². The summed E-state index contributed by atoms with van der Waals surface area (Å²) in [4.78, 5) is 44.8. The molecular weight excluding hydrogens is 520 g/mol. The SMILES string of the molecule is [2H]C1NCCC[C@]([2H])(N(C(=O)C(CC(C)C)NC(=O)c2cc3sccc3s2)S(=O)(=O)c2ccccn2)C1=O. The summed E-state index contributed by atoms with van der Waals surface area (Å²) in [5.74, 6) is -2.89. The number of hydrogen-bond acceptors (Lipinski definition) is 9. The molecule has 3 aromatic rings. The number of Topliss-reactive ketones (excluding diaryl/α,β-unsaturated/α-hetero) is 1. The van der Waals surface area contributed by atoms with Gasteiger partial charge in [-0.15, -0.1) is 22.7 Å². The van der Waals surface area contributed by atoms with Crippen LogP contribution >= 0.6 is 22.7 Å². The molecule has 36 heavy (non-hydrogen) atoms. The van der Waals surface area contributed by atoms with Gasteiger partial charge in [0.25, 0.3) is 21.8 Å². The van der Waals surface area contributed by atoms with Gasteiger partial charge in [0.15, 0.2) is 10.8 Å². The highest BCUT2D eigenvalue weighted by atomic mass is 32.2. The summed E-state index contributed by atoms with van der Waals surface area (Å²) < 4.78 is 46.9. The molecule has 4 heterocycles. The molecule has 1 fully saturated rings. The van der Waals surface area contributed by atoms with Gasteiger partial charge in [-0.25, -0.2) is 9.29 Å². The van der Waals surface area contributed by atoms with Crippen molar-refractivity contribution in [2.24, 2.45) is 5.92 Å². The van der Waals surface area contributed by atoms with E-state index in [-0.39, 0.29) is 36.0 Å². The Morgan fingerprint density at radius 1 is 1.33 bits per heavy atom. The first-order chi connectivity index (χ1) is 17.9. The number of fused-ring (bicyclic) bond motifs is 1.